The predicted molar refractivity (Wildman–Crippen MR) is 100 cm³/mol. The molecule has 2 fully saturated rings. The van der Waals surface area contributed by atoms with Crippen molar-refractivity contribution in [1.29, 1.82) is 0 Å². The van der Waals surface area contributed by atoms with Crippen LogP contribution < -0.4 is 0 Å². The monoisotopic (exact) mass is 351 g/mol. The van der Waals surface area contributed by atoms with Gasteiger partial charge >= 0.3 is 5.97 Å². The van der Waals surface area contributed by atoms with Gasteiger partial charge in [-0.15, -0.1) is 0 Å². The lowest BCUT2D eigenvalue weighted by Gasteiger charge is -2.40. The van der Waals surface area contributed by atoms with Gasteiger partial charge in [0.25, 0.3) is 0 Å². The summed E-state index contributed by atoms with van der Waals surface area (Å²) in [5, 5.41) is 0. The number of hydrogen-bond donors (Lipinski definition) is 0. The summed E-state index contributed by atoms with van der Waals surface area (Å²) in [5.41, 5.74) is 0. The van der Waals surface area contributed by atoms with Crippen molar-refractivity contribution < 1.29 is 14.3 Å². The van der Waals surface area contributed by atoms with E-state index in [9.17, 15) is 9.59 Å². The van der Waals surface area contributed by atoms with E-state index in [1.54, 1.807) is 0 Å². The molecule has 3 atom stereocenters. The third-order valence-corrected chi connectivity index (χ3v) is 6.35. The van der Waals surface area contributed by atoms with Crippen molar-refractivity contribution in [3.05, 3.63) is 0 Å². The predicted octanol–water partition coefficient (Wildman–Crippen LogP) is 4.56. The zero-order valence-electron chi connectivity index (χ0n) is 16.5. The zero-order valence-corrected chi connectivity index (χ0v) is 16.5. The Morgan fingerprint density at radius 3 is 2.32 bits per heavy atom. The smallest absolute Gasteiger partial charge is 0.310 e. The van der Waals surface area contributed by atoms with Gasteiger partial charge in [-0.05, 0) is 31.1 Å². The highest BCUT2D eigenvalue weighted by Gasteiger charge is 2.32. The summed E-state index contributed by atoms with van der Waals surface area (Å²) in [5.74, 6) is 1.03. The van der Waals surface area contributed by atoms with Gasteiger partial charge in [0, 0.05) is 19.0 Å². The van der Waals surface area contributed by atoms with Gasteiger partial charge in [0.05, 0.1) is 13.0 Å². The van der Waals surface area contributed by atoms with Crippen LogP contribution in [0.2, 0.25) is 0 Å². The Bertz CT molecular complexity index is 431. The Balaban J connectivity index is 1.98. The molecule has 0 aromatic heterocycles. The standard InChI is InChI=1S/C21H37NO3/c1-16-9-7-8-12-19(16)22(15-17(2)21(24)25-3)20(23)14-13-18-10-5-4-6-11-18/h16-19H,4-15H2,1-3H3. The summed E-state index contributed by atoms with van der Waals surface area (Å²) in [4.78, 5) is 27.0. The van der Waals surface area contributed by atoms with E-state index < -0.39 is 0 Å². The van der Waals surface area contributed by atoms with Gasteiger partial charge in [0.1, 0.15) is 0 Å². The number of hydrogen-bond acceptors (Lipinski definition) is 3. The average molecular weight is 352 g/mol. The first-order valence-electron chi connectivity index (χ1n) is 10.4. The van der Waals surface area contributed by atoms with Crippen LogP contribution in [-0.4, -0.2) is 36.5 Å². The number of ether oxygens (including phenoxy) is 1. The largest absolute Gasteiger partial charge is 0.469 e. The maximum atomic E-state index is 13.1. The molecule has 2 aliphatic rings. The molecule has 0 aliphatic heterocycles. The molecule has 1 amide bonds. The summed E-state index contributed by atoms with van der Waals surface area (Å²) in [7, 11) is 1.43. The van der Waals surface area contributed by atoms with E-state index in [-0.39, 0.29) is 17.8 Å². The Labute approximate surface area is 153 Å². The van der Waals surface area contributed by atoms with Crippen LogP contribution in [0.4, 0.5) is 0 Å². The van der Waals surface area contributed by atoms with E-state index in [0.29, 0.717) is 24.9 Å². The minimum atomic E-state index is -0.252. The molecule has 144 valence electrons. The van der Waals surface area contributed by atoms with E-state index in [4.69, 9.17) is 4.74 Å². The lowest BCUT2D eigenvalue weighted by Crippen LogP contribution is -2.48. The first-order chi connectivity index (χ1) is 12.0. The Kier molecular flexibility index (Phi) is 8.25. The molecule has 0 bridgehead atoms. The van der Waals surface area contributed by atoms with Crippen molar-refractivity contribution >= 4 is 11.9 Å². The van der Waals surface area contributed by atoms with Gasteiger partial charge in [-0.2, -0.15) is 0 Å². The van der Waals surface area contributed by atoms with E-state index in [1.165, 1.54) is 58.5 Å². The Morgan fingerprint density at radius 1 is 1.04 bits per heavy atom. The maximum absolute atomic E-state index is 13.1. The number of nitrogens with zero attached hydrogens (tertiary/aromatic N) is 1. The average Bonchev–Trinajstić information content (AvgIpc) is 2.64. The van der Waals surface area contributed by atoms with Crippen molar-refractivity contribution in [3.8, 4) is 0 Å². The first-order valence-corrected chi connectivity index (χ1v) is 10.4. The number of carbonyl (C=O) groups is 2. The molecule has 0 N–H and O–H groups in total. The van der Waals surface area contributed by atoms with E-state index in [2.05, 4.69) is 6.92 Å². The van der Waals surface area contributed by atoms with Crippen molar-refractivity contribution in [1.82, 2.24) is 4.90 Å². The van der Waals surface area contributed by atoms with Crippen molar-refractivity contribution in [3.63, 3.8) is 0 Å². The van der Waals surface area contributed by atoms with Gasteiger partial charge < -0.3 is 9.64 Å². The van der Waals surface area contributed by atoms with E-state index >= 15 is 0 Å². The molecular weight excluding hydrogens is 314 g/mol. The van der Waals surface area contributed by atoms with Crippen molar-refractivity contribution in [2.24, 2.45) is 17.8 Å². The molecule has 0 aromatic rings. The molecule has 0 aromatic carbocycles. The first kappa shape index (κ1) is 20.3. The summed E-state index contributed by atoms with van der Waals surface area (Å²) in [6, 6.07) is 0.291. The molecule has 0 saturated heterocycles. The SMILES string of the molecule is COC(=O)C(C)CN(C(=O)CCC1CCCCC1)C1CCCCC1C. The van der Waals surface area contributed by atoms with Crippen molar-refractivity contribution in [2.45, 2.75) is 90.5 Å². The molecular formula is C21H37NO3. The Morgan fingerprint density at radius 2 is 1.68 bits per heavy atom. The van der Waals surface area contributed by atoms with Crippen LogP contribution in [0.15, 0.2) is 0 Å². The normalized spacial score (nSPS) is 26.0. The van der Waals surface area contributed by atoms with Gasteiger partial charge in [-0.1, -0.05) is 58.8 Å². The summed E-state index contributed by atoms with van der Waals surface area (Å²) >= 11 is 0. The number of amides is 1. The second kappa shape index (κ2) is 10.2. The van der Waals surface area contributed by atoms with Crippen LogP contribution in [0.25, 0.3) is 0 Å². The van der Waals surface area contributed by atoms with Crippen molar-refractivity contribution in [2.75, 3.05) is 13.7 Å². The zero-order chi connectivity index (χ0) is 18.2. The number of methoxy groups -OCH3 is 1. The summed E-state index contributed by atoms with van der Waals surface area (Å²) in [6.07, 6.45) is 12.9. The molecule has 2 aliphatic carbocycles. The van der Waals surface area contributed by atoms with Crippen LogP contribution in [0, 0.1) is 17.8 Å². The topological polar surface area (TPSA) is 46.6 Å². The molecule has 0 radical (unpaired) electrons. The second-order valence-corrected chi connectivity index (χ2v) is 8.34. The third-order valence-electron chi connectivity index (χ3n) is 6.35. The summed E-state index contributed by atoms with van der Waals surface area (Å²) < 4.78 is 4.89. The molecule has 3 unspecified atom stereocenters. The van der Waals surface area contributed by atoms with Crippen LogP contribution >= 0.6 is 0 Å². The minimum Gasteiger partial charge on any atom is -0.469 e. The number of esters is 1. The number of carbonyl (C=O) groups excluding carboxylic acids is 2. The molecule has 25 heavy (non-hydrogen) atoms. The molecule has 0 spiro atoms. The van der Waals surface area contributed by atoms with Gasteiger partial charge in [-0.3, -0.25) is 9.59 Å². The fourth-order valence-electron chi connectivity index (χ4n) is 4.70. The van der Waals surface area contributed by atoms with E-state index in [1.807, 2.05) is 11.8 Å². The molecule has 4 nitrogen and oxygen atoms in total. The van der Waals surface area contributed by atoms with Gasteiger partial charge in [-0.25, -0.2) is 0 Å². The minimum absolute atomic E-state index is 0.214. The lowest BCUT2D eigenvalue weighted by molar-refractivity contribution is -0.147. The van der Waals surface area contributed by atoms with E-state index in [0.717, 1.165) is 18.8 Å². The van der Waals surface area contributed by atoms with Crippen LogP contribution in [-0.2, 0) is 14.3 Å². The van der Waals surface area contributed by atoms with Gasteiger partial charge in [0.15, 0.2) is 0 Å². The quantitative estimate of drug-likeness (QED) is 0.632. The fourth-order valence-corrected chi connectivity index (χ4v) is 4.70. The Hall–Kier alpha value is -1.06. The molecule has 0 heterocycles. The maximum Gasteiger partial charge on any atom is 0.310 e. The highest BCUT2D eigenvalue weighted by molar-refractivity contribution is 5.78. The molecule has 2 saturated carbocycles. The second-order valence-electron chi connectivity index (χ2n) is 8.34. The third kappa shape index (κ3) is 6.00. The number of rotatable bonds is 7. The van der Waals surface area contributed by atoms with Crippen LogP contribution in [0.1, 0.15) is 84.5 Å². The lowest BCUT2D eigenvalue weighted by atomic mass is 9.83. The fraction of sp³-hybridized carbons (Fsp3) is 0.905. The van der Waals surface area contributed by atoms with Crippen LogP contribution in [0.3, 0.4) is 0 Å². The van der Waals surface area contributed by atoms with Gasteiger partial charge in [0.2, 0.25) is 5.91 Å². The summed E-state index contributed by atoms with van der Waals surface area (Å²) in [6.45, 7) is 4.64. The molecule has 2 rings (SSSR count). The highest BCUT2D eigenvalue weighted by Crippen LogP contribution is 2.31. The highest BCUT2D eigenvalue weighted by atomic mass is 16.5. The van der Waals surface area contributed by atoms with Crippen LogP contribution in [0.5, 0.6) is 0 Å². The molecule has 4 heteroatoms.